The molecule has 0 aromatic heterocycles. The minimum Gasteiger partial charge on any atom is -0.507 e. The van der Waals surface area contributed by atoms with Gasteiger partial charge in [0.15, 0.2) is 0 Å². The van der Waals surface area contributed by atoms with Crippen molar-refractivity contribution in [3.8, 4) is 0 Å². The highest BCUT2D eigenvalue weighted by molar-refractivity contribution is 5.43. The molecule has 3 heteroatoms. The van der Waals surface area contributed by atoms with E-state index in [9.17, 15) is 5.11 Å². The molecule has 0 atom stereocenters. The van der Waals surface area contributed by atoms with Crippen molar-refractivity contribution in [3.05, 3.63) is 47.9 Å². The minimum atomic E-state index is 0.0965. The molecule has 3 N–H and O–H groups in total. The number of allylic oxidation sites excluding steroid dienone is 2. The molecular formula is C11H17NO2. The Labute approximate surface area is 84.9 Å². The summed E-state index contributed by atoms with van der Waals surface area (Å²) in [6.07, 6.45) is 2.96. The van der Waals surface area contributed by atoms with Gasteiger partial charge in [0.25, 0.3) is 0 Å². The van der Waals surface area contributed by atoms with Crippen molar-refractivity contribution in [1.29, 1.82) is 0 Å². The van der Waals surface area contributed by atoms with Crippen LogP contribution in [0.5, 0.6) is 0 Å². The Morgan fingerprint density at radius 2 is 2.00 bits per heavy atom. The fourth-order valence-corrected chi connectivity index (χ4v) is 0.976. The average molecular weight is 195 g/mol. The van der Waals surface area contributed by atoms with Gasteiger partial charge in [-0.05, 0) is 18.6 Å². The van der Waals surface area contributed by atoms with E-state index >= 15 is 0 Å². The van der Waals surface area contributed by atoms with Crippen LogP contribution in [0.2, 0.25) is 0 Å². The van der Waals surface area contributed by atoms with Gasteiger partial charge in [-0.1, -0.05) is 19.2 Å². The van der Waals surface area contributed by atoms with Crippen molar-refractivity contribution in [1.82, 2.24) is 0 Å². The second kappa shape index (κ2) is 6.05. The predicted molar refractivity (Wildman–Crippen MR) is 58.8 cm³/mol. The maximum atomic E-state index is 9.75. The summed E-state index contributed by atoms with van der Waals surface area (Å²) >= 11 is 0. The van der Waals surface area contributed by atoms with Crippen molar-refractivity contribution < 1.29 is 9.84 Å². The summed E-state index contributed by atoms with van der Waals surface area (Å²) in [7, 11) is 1.56. The van der Waals surface area contributed by atoms with E-state index in [1.165, 1.54) is 12.2 Å². The van der Waals surface area contributed by atoms with E-state index in [1.54, 1.807) is 14.0 Å². The van der Waals surface area contributed by atoms with Gasteiger partial charge in [0.2, 0.25) is 0 Å². The molecule has 0 aliphatic rings. The maximum absolute atomic E-state index is 9.75. The first-order chi connectivity index (χ1) is 6.58. The van der Waals surface area contributed by atoms with Gasteiger partial charge in [-0.2, -0.15) is 0 Å². The number of methoxy groups -OCH3 is 1. The summed E-state index contributed by atoms with van der Waals surface area (Å²) in [4.78, 5) is 0. The Balaban J connectivity index is 5.15. The van der Waals surface area contributed by atoms with Gasteiger partial charge in [-0.25, -0.2) is 0 Å². The summed E-state index contributed by atoms with van der Waals surface area (Å²) in [5.74, 6) is 0.0965. The predicted octanol–water partition coefficient (Wildman–Crippen LogP) is 2.05. The molecule has 0 bridgehead atoms. The molecule has 0 aromatic rings. The number of nitrogens with two attached hydrogens (primary N) is 1. The van der Waals surface area contributed by atoms with Crippen LogP contribution in [0.4, 0.5) is 0 Å². The normalized spacial score (nSPS) is 14.1. The summed E-state index contributed by atoms with van der Waals surface area (Å²) in [5.41, 5.74) is 7.20. The van der Waals surface area contributed by atoms with E-state index in [1.807, 2.05) is 0 Å². The quantitative estimate of drug-likeness (QED) is 0.521. The molecular weight excluding hydrogens is 178 g/mol. The fourth-order valence-electron chi connectivity index (χ4n) is 0.976. The van der Waals surface area contributed by atoms with Crippen molar-refractivity contribution in [2.75, 3.05) is 13.7 Å². The molecule has 0 unspecified atom stereocenters. The minimum absolute atomic E-state index is 0.0965. The zero-order valence-corrected chi connectivity index (χ0v) is 8.71. The number of hydrogen-bond acceptors (Lipinski definition) is 3. The number of aliphatic hydroxyl groups excluding tert-OH is 1. The Bertz CT molecular complexity index is 288. The molecule has 0 aromatic carbocycles. The molecule has 0 fully saturated rings. The van der Waals surface area contributed by atoms with E-state index in [0.29, 0.717) is 23.5 Å². The van der Waals surface area contributed by atoms with Crippen molar-refractivity contribution >= 4 is 0 Å². The van der Waals surface area contributed by atoms with Gasteiger partial charge in [-0.15, -0.1) is 0 Å². The summed E-state index contributed by atoms with van der Waals surface area (Å²) in [6, 6.07) is 0. The van der Waals surface area contributed by atoms with Crippen LogP contribution in [0.3, 0.4) is 0 Å². The monoisotopic (exact) mass is 195 g/mol. The molecule has 3 nitrogen and oxygen atoms in total. The number of ether oxygens (including phenoxy) is 1. The van der Waals surface area contributed by atoms with E-state index in [2.05, 4.69) is 13.2 Å². The molecule has 78 valence electrons. The lowest BCUT2D eigenvalue weighted by molar-refractivity contribution is 0.221. The van der Waals surface area contributed by atoms with Crippen LogP contribution in [-0.2, 0) is 4.74 Å². The van der Waals surface area contributed by atoms with Gasteiger partial charge in [0.1, 0.15) is 5.76 Å². The van der Waals surface area contributed by atoms with Crippen molar-refractivity contribution in [2.45, 2.75) is 6.92 Å². The van der Waals surface area contributed by atoms with Crippen LogP contribution in [-0.4, -0.2) is 18.8 Å². The summed E-state index contributed by atoms with van der Waals surface area (Å²) < 4.78 is 4.89. The molecule has 0 aliphatic carbocycles. The highest BCUT2D eigenvalue weighted by Gasteiger charge is 2.06. The fraction of sp³-hybridized carbons (Fsp3) is 0.273. The zero-order valence-electron chi connectivity index (χ0n) is 8.71. The van der Waals surface area contributed by atoms with Crippen molar-refractivity contribution in [3.63, 3.8) is 0 Å². The summed E-state index contributed by atoms with van der Waals surface area (Å²) in [5, 5.41) is 9.75. The lowest BCUT2D eigenvalue weighted by atomic mass is 10.1. The van der Waals surface area contributed by atoms with Crippen LogP contribution < -0.4 is 5.73 Å². The van der Waals surface area contributed by atoms with Gasteiger partial charge < -0.3 is 15.6 Å². The Morgan fingerprint density at radius 3 is 2.36 bits per heavy atom. The standard InChI is InChI=1S/C11H17NO2/c1-5-9(10(12)6-2)11(13)8(3)7-14-4/h5-6,13H,1-2,7,12H2,3-4H3/b10-9-,11-8+. The molecule has 0 aliphatic heterocycles. The SMILES string of the molecule is C=C/C(N)=C(C=C)/C(O)=C(/C)COC. The van der Waals surface area contributed by atoms with Crippen LogP contribution >= 0.6 is 0 Å². The lowest BCUT2D eigenvalue weighted by Gasteiger charge is -2.08. The molecule has 0 saturated carbocycles. The number of aliphatic hydroxyl groups is 1. The second-order valence-corrected chi connectivity index (χ2v) is 2.84. The molecule has 0 radical (unpaired) electrons. The molecule has 0 rings (SSSR count). The van der Waals surface area contributed by atoms with E-state index < -0.39 is 0 Å². The Morgan fingerprint density at radius 1 is 1.43 bits per heavy atom. The van der Waals surface area contributed by atoms with Crippen LogP contribution in [0, 0.1) is 0 Å². The first-order valence-corrected chi connectivity index (χ1v) is 4.21. The highest BCUT2D eigenvalue weighted by atomic mass is 16.5. The van der Waals surface area contributed by atoms with Crippen LogP contribution in [0.15, 0.2) is 47.9 Å². The Hall–Kier alpha value is -1.48. The topological polar surface area (TPSA) is 55.5 Å². The van der Waals surface area contributed by atoms with Gasteiger partial charge in [0.05, 0.1) is 6.61 Å². The smallest absolute Gasteiger partial charge is 0.126 e. The largest absolute Gasteiger partial charge is 0.507 e. The average Bonchev–Trinajstić information content (AvgIpc) is 2.18. The van der Waals surface area contributed by atoms with E-state index in [0.717, 1.165) is 0 Å². The molecule has 0 spiro atoms. The first kappa shape index (κ1) is 12.5. The second-order valence-electron chi connectivity index (χ2n) is 2.84. The molecule has 0 saturated heterocycles. The summed E-state index contributed by atoms with van der Waals surface area (Å²) in [6.45, 7) is 9.21. The van der Waals surface area contributed by atoms with Crippen LogP contribution in [0.25, 0.3) is 0 Å². The molecule has 0 heterocycles. The third-order valence-electron chi connectivity index (χ3n) is 1.76. The van der Waals surface area contributed by atoms with Crippen LogP contribution in [0.1, 0.15) is 6.92 Å². The van der Waals surface area contributed by atoms with Gasteiger partial charge in [-0.3, -0.25) is 0 Å². The maximum Gasteiger partial charge on any atom is 0.126 e. The van der Waals surface area contributed by atoms with E-state index in [-0.39, 0.29) is 5.76 Å². The first-order valence-electron chi connectivity index (χ1n) is 4.21. The third kappa shape index (κ3) is 3.11. The Kier molecular flexibility index (Phi) is 5.41. The molecule has 14 heavy (non-hydrogen) atoms. The number of rotatable bonds is 5. The highest BCUT2D eigenvalue weighted by Crippen LogP contribution is 2.15. The van der Waals surface area contributed by atoms with E-state index in [4.69, 9.17) is 10.5 Å². The van der Waals surface area contributed by atoms with Gasteiger partial charge in [0, 0.05) is 18.4 Å². The molecule has 0 amide bonds. The van der Waals surface area contributed by atoms with Crippen molar-refractivity contribution in [2.24, 2.45) is 5.73 Å². The zero-order chi connectivity index (χ0) is 11.1. The van der Waals surface area contributed by atoms with Gasteiger partial charge >= 0.3 is 0 Å². The third-order valence-corrected chi connectivity index (χ3v) is 1.76. The lowest BCUT2D eigenvalue weighted by Crippen LogP contribution is -2.04. The number of hydrogen-bond donors (Lipinski definition) is 2.